The Balaban J connectivity index is 0.963. The second kappa shape index (κ2) is 17.7. The van der Waals surface area contributed by atoms with Crippen molar-refractivity contribution in [2.75, 3.05) is 0 Å². The predicted octanol–water partition coefficient (Wildman–Crippen LogP) is 18.2. The molecule has 14 rings (SSSR count). The first kappa shape index (κ1) is 43.8. The van der Waals surface area contributed by atoms with E-state index in [1.165, 1.54) is 16.2 Å². The van der Waals surface area contributed by atoms with Crippen LogP contribution in [0.5, 0.6) is 0 Å². The number of para-hydroxylation sites is 3. The number of hydrogen-bond donors (Lipinski definition) is 0. The van der Waals surface area contributed by atoms with Crippen molar-refractivity contribution >= 4 is 98.2 Å². The molecular weight excluding hydrogens is 915 g/mol. The molecule has 0 unspecified atom stereocenters. The molecule has 4 aromatic heterocycles. The largest absolute Gasteiger partial charge is 0.456 e. The molecule has 0 saturated carbocycles. The van der Waals surface area contributed by atoms with Gasteiger partial charge in [0.25, 0.3) is 0 Å². The standard InChI is InChI=1S/C69H47N5O/c1-4-6-20-43(3)48-22-9-10-24-50(48)56(19-5-2)67-70-68(60-41-46-21-7-8-23-49(46)51-25-11-12-26-52(51)60)72-69(71-67)74-62-31-17-14-28-54(62)58-40-45(34-37-64(58)74)44-33-36-63-57(39-44)53-27-13-16-30-61(53)73(63)47-35-38-66-59(42-47)55-29-15-18-32-65(55)75-66/h4,6-42H,1,3,5H2,2H3/b20-6-,56-19+. The zero-order chi connectivity index (χ0) is 50.1. The van der Waals surface area contributed by atoms with Crippen LogP contribution in [0.3, 0.4) is 0 Å². The van der Waals surface area contributed by atoms with Crippen LogP contribution in [0.1, 0.15) is 30.3 Å². The van der Waals surface area contributed by atoms with Crippen LogP contribution in [0.2, 0.25) is 0 Å². The lowest BCUT2D eigenvalue weighted by molar-refractivity contribution is 0.669. The number of allylic oxidation sites excluding steroid dienone is 5. The summed E-state index contributed by atoms with van der Waals surface area (Å²) in [6.45, 7) is 10.5. The Morgan fingerprint density at radius 3 is 1.81 bits per heavy atom. The highest BCUT2D eigenvalue weighted by Crippen LogP contribution is 2.41. The molecule has 10 aromatic carbocycles. The molecule has 75 heavy (non-hydrogen) atoms. The summed E-state index contributed by atoms with van der Waals surface area (Å²) in [4.78, 5) is 16.5. The van der Waals surface area contributed by atoms with Gasteiger partial charge in [0, 0.05) is 49.1 Å². The second-order valence-electron chi connectivity index (χ2n) is 19.1. The Labute approximate surface area is 432 Å². The summed E-state index contributed by atoms with van der Waals surface area (Å²) < 4.78 is 10.8. The van der Waals surface area contributed by atoms with Gasteiger partial charge < -0.3 is 8.98 Å². The van der Waals surface area contributed by atoms with Crippen molar-refractivity contribution in [3.05, 3.63) is 261 Å². The molecule has 0 aliphatic carbocycles. The molecule has 6 heteroatoms. The average molecular weight is 962 g/mol. The van der Waals surface area contributed by atoms with Gasteiger partial charge in [-0.3, -0.25) is 4.57 Å². The molecule has 0 N–H and O–H groups in total. The van der Waals surface area contributed by atoms with Crippen molar-refractivity contribution < 1.29 is 4.42 Å². The Bertz CT molecular complexity index is 4750. The van der Waals surface area contributed by atoms with Crippen LogP contribution in [-0.4, -0.2) is 24.1 Å². The van der Waals surface area contributed by atoms with Gasteiger partial charge in [0.1, 0.15) is 11.2 Å². The maximum absolute atomic E-state index is 6.23. The number of furan rings is 1. The van der Waals surface area contributed by atoms with Crippen molar-refractivity contribution in [2.45, 2.75) is 13.3 Å². The number of nitrogens with zero attached hydrogens (tertiary/aromatic N) is 5. The van der Waals surface area contributed by atoms with E-state index in [1.807, 2.05) is 30.4 Å². The molecule has 0 spiro atoms. The van der Waals surface area contributed by atoms with E-state index in [0.717, 1.165) is 122 Å². The van der Waals surface area contributed by atoms with Gasteiger partial charge in [0.15, 0.2) is 11.6 Å². The smallest absolute Gasteiger partial charge is 0.238 e. The van der Waals surface area contributed by atoms with Crippen LogP contribution in [-0.2, 0) is 0 Å². The maximum Gasteiger partial charge on any atom is 0.238 e. The van der Waals surface area contributed by atoms with E-state index in [-0.39, 0.29) is 0 Å². The van der Waals surface area contributed by atoms with Gasteiger partial charge in [-0.1, -0.05) is 184 Å². The lowest BCUT2D eigenvalue weighted by Gasteiger charge is -2.16. The minimum Gasteiger partial charge on any atom is -0.456 e. The van der Waals surface area contributed by atoms with Crippen molar-refractivity contribution in [1.82, 2.24) is 24.1 Å². The number of aromatic nitrogens is 5. The van der Waals surface area contributed by atoms with E-state index in [4.69, 9.17) is 19.4 Å². The molecule has 0 fully saturated rings. The molecule has 0 atom stereocenters. The zero-order valence-corrected chi connectivity index (χ0v) is 41.2. The molecular formula is C69H47N5O. The summed E-state index contributed by atoms with van der Waals surface area (Å²) in [7, 11) is 0. The van der Waals surface area contributed by atoms with Crippen LogP contribution in [0.25, 0.3) is 132 Å². The maximum atomic E-state index is 6.23. The van der Waals surface area contributed by atoms with Crippen LogP contribution < -0.4 is 0 Å². The lowest BCUT2D eigenvalue weighted by Crippen LogP contribution is -2.09. The Kier molecular flexibility index (Phi) is 10.3. The van der Waals surface area contributed by atoms with Gasteiger partial charge in [-0.05, 0) is 123 Å². The summed E-state index contributed by atoms with van der Waals surface area (Å²) in [5.74, 6) is 1.71. The third-order valence-corrected chi connectivity index (χ3v) is 14.8. The minimum absolute atomic E-state index is 0.534. The van der Waals surface area contributed by atoms with Crippen molar-refractivity contribution in [3.63, 3.8) is 0 Å². The highest BCUT2D eigenvalue weighted by atomic mass is 16.3. The highest BCUT2D eigenvalue weighted by Gasteiger charge is 2.23. The summed E-state index contributed by atoms with van der Waals surface area (Å²) in [6, 6.07) is 73.4. The lowest BCUT2D eigenvalue weighted by atomic mass is 9.93. The fourth-order valence-corrected chi connectivity index (χ4v) is 11.4. The fourth-order valence-electron chi connectivity index (χ4n) is 11.4. The summed E-state index contributed by atoms with van der Waals surface area (Å²) in [5.41, 5.74) is 14.1. The summed E-state index contributed by atoms with van der Waals surface area (Å²) in [5, 5.41) is 11.3. The highest BCUT2D eigenvalue weighted by molar-refractivity contribution is 6.15. The Morgan fingerprint density at radius 2 is 1.08 bits per heavy atom. The zero-order valence-electron chi connectivity index (χ0n) is 41.2. The van der Waals surface area contributed by atoms with Gasteiger partial charge in [-0.15, -0.1) is 0 Å². The van der Waals surface area contributed by atoms with E-state index in [9.17, 15) is 0 Å². The van der Waals surface area contributed by atoms with E-state index in [1.54, 1.807) is 6.08 Å². The number of rotatable bonds is 10. The molecule has 6 nitrogen and oxygen atoms in total. The first-order chi connectivity index (χ1) is 37.0. The molecule has 0 bridgehead atoms. The molecule has 0 radical (unpaired) electrons. The van der Waals surface area contributed by atoms with Crippen LogP contribution in [0.15, 0.2) is 248 Å². The van der Waals surface area contributed by atoms with Crippen LogP contribution >= 0.6 is 0 Å². The average Bonchev–Trinajstić information content (AvgIpc) is 4.17. The summed E-state index contributed by atoms with van der Waals surface area (Å²) >= 11 is 0. The molecule has 4 heterocycles. The van der Waals surface area contributed by atoms with E-state index < -0.39 is 0 Å². The molecule has 0 amide bonds. The number of fused-ring (bicyclic) bond motifs is 12. The monoisotopic (exact) mass is 961 g/mol. The quantitative estimate of drug-likeness (QED) is 0.101. The topological polar surface area (TPSA) is 61.7 Å². The van der Waals surface area contributed by atoms with E-state index in [2.05, 4.69) is 223 Å². The van der Waals surface area contributed by atoms with Crippen molar-refractivity contribution in [1.29, 1.82) is 0 Å². The van der Waals surface area contributed by atoms with E-state index >= 15 is 0 Å². The van der Waals surface area contributed by atoms with Gasteiger partial charge in [0.2, 0.25) is 5.95 Å². The van der Waals surface area contributed by atoms with Crippen LogP contribution in [0, 0.1) is 0 Å². The number of hydrogen-bond acceptors (Lipinski definition) is 4. The Hall–Kier alpha value is -9.91. The molecule has 0 aliphatic rings. The molecule has 354 valence electrons. The second-order valence-corrected chi connectivity index (χ2v) is 19.1. The molecule has 14 aromatic rings. The first-order valence-electron chi connectivity index (χ1n) is 25.5. The van der Waals surface area contributed by atoms with Crippen LogP contribution in [0.4, 0.5) is 0 Å². The van der Waals surface area contributed by atoms with Gasteiger partial charge in [0.05, 0.1) is 22.1 Å². The SMILES string of the molecule is C=C/C=C\C(=C)c1ccccc1/C(=C\CC)c1nc(-c2cc3ccccc3c3ccccc23)nc(-n2c3ccccc3c3cc(-c4ccc5c(c4)c4ccccc4n5-c4ccc5oc6ccccc6c5c4)ccc32)n1. The first-order valence-corrected chi connectivity index (χ1v) is 25.5. The fraction of sp³-hybridized carbons (Fsp3) is 0.0290. The molecule has 0 saturated heterocycles. The van der Waals surface area contributed by atoms with E-state index in [0.29, 0.717) is 17.6 Å². The summed E-state index contributed by atoms with van der Waals surface area (Å²) in [6.07, 6.45) is 8.67. The minimum atomic E-state index is 0.534. The van der Waals surface area contributed by atoms with Crippen molar-refractivity contribution in [2.24, 2.45) is 0 Å². The third-order valence-electron chi connectivity index (χ3n) is 14.8. The van der Waals surface area contributed by atoms with Gasteiger partial charge in [-0.25, -0.2) is 4.98 Å². The van der Waals surface area contributed by atoms with Gasteiger partial charge in [-0.2, -0.15) is 9.97 Å². The predicted molar refractivity (Wildman–Crippen MR) is 314 cm³/mol. The Morgan fingerprint density at radius 1 is 0.493 bits per heavy atom. The molecule has 0 aliphatic heterocycles. The van der Waals surface area contributed by atoms with Gasteiger partial charge >= 0.3 is 0 Å². The number of benzene rings is 10. The normalized spacial score (nSPS) is 12.3. The van der Waals surface area contributed by atoms with Crippen molar-refractivity contribution in [3.8, 4) is 34.2 Å². The third kappa shape index (κ3) is 7.13.